The molecular weight excluding hydrogens is 174 g/mol. The lowest BCUT2D eigenvalue weighted by atomic mass is 10.3. The third-order valence-corrected chi connectivity index (χ3v) is 1.04. The monoisotopic (exact) mass is 179 g/mol. The number of carbonyl (C=O) groups is 2. The number of hydrogen-bond acceptors (Lipinski definition) is 4. The minimum atomic E-state index is -1.07. The van der Waals surface area contributed by atoms with E-state index >= 15 is 0 Å². The van der Waals surface area contributed by atoms with E-state index in [1.807, 2.05) is 0 Å². The predicted octanol–water partition coefficient (Wildman–Crippen LogP) is 0.229. The standard InChI is InChI=1S/C5H6ClNO4/c6-2-4(1-5(9)10)7-11-3-8/h3H,1-2H2,(H,9,10). The van der Waals surface area contributed by atoms with Crippen LogP contribution in [0.25, 0.3) is 0 Å². The topological polar surface area (TPSA) is 76.0 Å². The number of oxime groups is 1. The Morgan fingerprint density at radius 2 is 2.36 bits per heavy atom. The van der Waals surface area contributed by atoms with Crippen molar-refractivity contribution in [2.75, 3.05) is 5.88 Å². The molecule has 0 radical (unpaired) electrons. The second-order valence-corrected chi connectivity index (χ2v) is 1.83. The SMILES string of the molecule is O=CON=C(CCl)CC(=O)O. The zero-order valence-electron chi connectivity index (χ0n) is 5.49. The largest absolute Gasteiger partial charge is 0.481 e. The molecule has 11 heavy (non-hydrogen) atoms. The van der Waals surface area contributed by atoms with E-state index in [0.29, 0.717) is 0 Å². The van der Waals surface area contributed by atoms with Gasteiger partial charge in [-0.2, -0.15) is 0 Å². The minimum absolute atomic E-state index is 0.0693. The van der Waals surface area contributed by atoms with Gasteiger partial charge in [0, 0.05) is 0 Å². The third kappa shape index (κ3) is 5.35. The summed E-state index contributed by atoms with van der Waals surface area (Å²) in [6, 6.07) is 0. The van der Waals surface area contributed by atoms with Gasteiger partial charge in [-0.15, -0.1) is 11.6 Å². The molecule has 0 unspecified atom stereocenters. The Balaban J connectivity index is 3.92. The van der Waals surface area contributed by atoms with Crippen molar-refractivity contribution in [1.29, 1.82) is 0 Å². The van der Waals surface area contributed by atoms with Gasteiger partial charge in [-0.25, -0.2) is 0 Å². The Morgan fingerprint density at radius 1 is 1.73 bits per heavy atom. The Bertz CT molecular complexity index is 179. The normalized spacial score (nSPS) is 10.8. The van der Waals surface area contributed by atoms with E-state index in [-0.39, 0.29) is 24.5 Å². The van der Waals surface area contributed by atoms with Crippen LogP contribution in [0.1, 0.15) is 6.42 Å². The van der Waals surface area contributed by atoms with Gasteiger partial charge in [-0.1, -0.05) is 5.16 Å². The Kier molecular flexibility index (Phi) is 5.10. The van der Waals surface area contributed by atoms with Crippen molar-refractivity contribution in [3.63, 3.8) is 0 Å². The van der Waals surface area contributed by atoms with Crippen molar-refractivity contribution in [1.82, 2.24) is 0 Å². The van der Waals surface area contributed by atoms with Crippen LogP contribution in [0, 0.1) is 0 Å². The van der Waals surface area contributed by atoms with Crippen molar-refractivity contribution in [3.8, 4) is 0 Å². The van der Waals surface area contributed by atoms with Crippen molar-refractivity contribution >= 4 is 29.8 Å². The van der Waals surface area contributed by atoms with Crippen molar-refractivity contribution < 1.29 is 19.5 Å². The smallest absolute Gasteiger partial charge is 0.323 e. The highest BCUT2D eigenvalue weighted by Crippen LogP contribution is 1.91. The summed E-state index contributed by atoms with van der Waals surface area (Å²) in [6.45, 7) is 0.0917. The lowest BCUT2D eigenvalue weighted by Gasteiger charge is -1.94. The Labute approximate surface area is 67.6 Å². The van der Waals surface area contributed by atoms with Crippen LogP contribution in [-0.2, 0) is 14.4 Å². The average molecular weight is 180 g/mol. The first kappa shape index (κ1) is 9.90. The molecule has 0 saturated heterocycles. The van der Waals surface area contributed by atoms with Crippen LogP contribution in [0.3, 0.4) is 0 Å². The van der Waals surface area contributed by atoms with Crippen LogP contribution in [0.5, 0.6) is 0 Å². The number of halogens is 1. The van der Waals surface area contributed by atoms with Crippen LogP contribution in [0.4, 0.5) is 0 Å². The third-order valence-electron chi connectivity index (χ3n) is 0.734. The molecule has 1 N–H and O–H groups in total. The van der Waals surface area contributed by atoms with E-state index in [1.54, 1.807) is 0 Å². The number of rotatable bonds is 5. The van der Waals surface area contributed by atoms with Crippen LogP contribution in [0.15, 0.2) is 5.16 Å². The second kappa shape index (κ2) is 5.67. The van der Waals surface area contributed by atoms with E-state index in [4.69, 9.17) is 16.7 Å². The molecule has 0 aromatic rings. The summed E-state index contributed by atoms with van der Waals surface area (Å²) >= 11 is 5.26. The minimum Gasteiger partial charge on any atom is -0.481 e. The summed E-state index contributed by atoms with van der Waals surface area (Å²) in [5.74, 6) is -1.14. The number of nitrogens with zero attached hydrogens (tertiary/aromatic N) is 1. The van der Waals surface area contributed by atoms with Crippen LogP contribution >= 0.6 is 11.6 Å². The predicted molar refractivity (Wildman–Crippen MR) is 37.6 cm³/mol. The molecule has 0 saturated carbocycles. The van der Waals surface area contributed by atoms with Gasteiger partial charge in [-0.3, -0.25) is 9.59 Å². The first-order valence-electron chi connectivity index (χ1n) is 2.63. The van der Waals surface area contributed by atoms with E-state index in [1.165, 1.54) is 0 Å². The summed E-state index contributed by atoms with van der Waals surface area (Å²) < 4.78 is 0. The van der Waals surface area contributed by atoms with Gasteiger partial charge in [0.1, 0.15) is 0 Å². The molecule has 0 aliphatic heterocycles. The van der Waals surface area contributed by atoms with Gasteiger partial charge >= 0.3 is 12.4 Å². The Morgan fingerprint density at radius 3 is 2.73 bits per heavy atom. The van der Waals surface area contributed by atoms with Crippen LogP contribution in [-0.4, -0.2) is 29.1 Å². The van der Waals surface area contributed by atoms with Crippen LogP contribution < -0.4 is 0 Å². The number of carboxylic acid groups (broad SMARTS) is 1. The van der Waals surface area contributed by atoms with E-state index in [2.05, 4.69) is 9.99 Å². The number of hydrogen-bond donors (Lipinski definition) is 1. The molecule has 0 aromatic heterocycles. The van der Waals surface area contributed by atoms with Gasteiger partial charge in [-0.05, 0) is 0 Å². The molecule has 0 aromatic carbocycles. The molecule has 0 spiro atoms. The van der Waals surface area contributed by atoms with E-state index in [0.717, 1.165) is 0 Å². The van der Waals surface area contributed by atoms with Gasteiger partial charge < -0.3 is 9.94 Å². The van der Waals surface area contributed by atoms with E-state index < -0.39 is 5.97 Å². The number of carbonyl (C=O) groups excluding carboxylic acids is 1. The highest BCUT2D eigenvalue weighted by Gasteiger charge is 2.04. The molecule has 0 atom stereocenters. The lowest BCUT2D eigenvalue weighted by molar-refractivity contribution is -0.136. The van der Waals surface area contributed by atoms with Crippen LogP contribution in [0.2, 0.25) is 0 Å². The molecule has 0 aliphatic rings. The van der Waals surface area contributed by atoms with Crippen molar-refractivity contribution in [3.05, 3.63) is 0 Å². The molecule has 0 fully saturated rings. The quantitative estimate of drug-likeness (QED) is 0.216. The lowest BCUT2D eigenvalue weighted by Crippen LogP contribution is -2.08. The number of carboxylic acids is 1. The maximum atomic E-state index is 10.0. The zero-order valence-corrected chi connectivity index (χ0v) is 6.24. The molecule has 0 aliphatic carbocycles. The first-order valence-corrected chi connectivity index (χ1v) is 3.17. The van der Waals surface area contributed by atoms with Crippen molar-refractivity contribution in [2.45, 2.75) is 6.42 Å². The zero-order chi connectivity index (χ0) is 8.69. The summed E-state index contributed by atoms with van der Waals surface area (Å²) in [4.78, 5) is 23.6. The van der Waals surface area contributed by atoms with E-state index in [9.17, 15) is 9.59 Å². The van der Waals surface area contributed by atoms with Gasteiger partial charge in [0.05, 0.1) is 18.0 Å². The van der Waals surface area contributed by atoms with Gasteiger partial charge in [0.15, 0.2) is 0 Å². The average Bonchev–Trinajstić information content (AvgIpc) is 1.97. The highest BCUT2D eigenvalue weighted by molar-refractivity contribution is 6.29. The van der Waals surface area contributed by atoms with Crippen molar-refractivity contribution in [2.24, 2.45) is 5.16 Å². The maximum Gasteiger partial charge on any atom is 0.323 e. The summed E-state index contributed by atoms with van der Waals surface area (Å²) in [5, 5.41) is 11.4. The molecule has 0 bridgehead atoms. The van der Waals surface area contributed by atoms with Gasteiger partial charge in [0.25, 0.3) is 0 Å². The van der Waals surface area contributed by atoms with Gasteiger partial charge in [0.2, 0.25) is 0 Å². The summed E-state index contributed by atoms with van der Waals surface area (Å²) in [6.07, 6.45) is -0.322. The fourth-order valence-corrected chi connectivity index (χ4v) is 0.518. The Hall–Kier alpha value is -1.10. The molecule has 6 heteroatoms. The molecule has 0 amide bonds. The fraction of sp³-hybridized carbons (Fsp3) is 0.400. The molecule has 0 rings (SSSR count). The number of alkyl halides is 1. The fourth-order valence-electron chi connectivity index (χ4n) is 0.375. The second-order valence-electron chi connectivity index (χ2n) is 1.56. The maximum absolute atomic E-state index is 10.0. The highest BCUT2D eigenvalue weighted by atomic mass is 35.5. The molecular formula is C5H6ClNO4. The first-order chi connectivity index (χ1) is 5.20. The summed E-state index contributed by atoms with van der Waals surface area (Å²) in [7, 11) is 0. The molecule has 5 nitrogen and oxygen atoms in total. The summed E-state index contributed by atoms with van der Waals surface area (Å²) in [5.41, 5.74) is 0.103. The molecule has 0 heterocycles. The molecule has 62 valence electrons. The number of aliphatic carboxylic acids is 1.